The van der Waals surface area contributed by atoms with Crippen LogP contribution in [0.5, 0.6) is 0 Å². The fourth-order valence-corrected chi connectivity index (χ4v) is 3.44. The fourth-order valence-electron chi connectivity index (χ4n) is 3.32. The summed E-state index contributed by atoms with van der Waals surface area (Å²) >= 11 is 5.88. The quantitative estimate of drug-likeness (QED) is 0.797. The Hall–Kier alpha value is -2.13. The molecule has 0 saturated carbocycles. The topological polar surface area (TPSA) is 37.4 Å². The number of Topliss-reactive ketones (excluding diaryl/α,β-unsaturated/α-hetero) is 1. The highest BCUT2D eigenvalue weighted by Gasteiger charge is 2.28. The fraction of sp³-hybridized carbons (Fsp3) is 0.333. The third-order valence-electron chi connectivity index (χ3n) is 4.76. The molecular weight excluding hydrogens is 334 g/mol. The number of ketones is 1. The number of hydrogen-bond donors (Lipinski definition) is 0. The molecule has 2 aromatic carbocycles. The highest BCUT2D eigenvalue weighted by molar-refractivity contribution is 6.30. The minimum Gasteiger partial charge on any atom is -0.338 e. The summed E-state index contributed by atoms with van der Waals surface area (Å²) in [5.41, 5.74) is 1.81. The maximum absolute atomic E-state index is 12.6. The molecule has 1 amide bonds. The van der Waals surface area contributed by atoms with E-state index in [2.05, 4.69) is 0 Å². The molecule has 3 rings (SSSR count). The van der Waals surface area contributed by atoms with E-state index in [0.717, 1.165) is 19.3 Å². The summed E-state index contributed by atoms with van der Waals surface area (Å²) in [6.45, 7) is 1.24. The second kappa shape index (κ2) is 8.30. The van der Waals surface area contributed by atoms with Crippen molar-refractivity contribution in [3.8, 4) is 0 Å². The van der Waals surface area contributed by atoms with Crippen LogP contribution >= 0.6 is 11.6 Å². The molecule has 0 radical (unpaired) electrons. The van der Waals surface area contributed by atoms with E-state index in [0.29, 0.717) is 30.1 Å². The Kier molecular flexibility index (Phi) is 5.87. The van der Waals surface area contributed by atoms with Crippen LogP contribution in [0.4, 0.5) is 0 Å². The van der Waals surface area contributed by atoms with Crippen molar-refractivity contribution in [3.63, 3.8) is 0 Å². The number of rotatable bonds is 5. The van der Waals surface area contributed by atoms with Gasteiger partial charge in [-0.05, 0) is 49.1 Å². The lowest BCUT2D eigenvalue weighted by Crippen LogP contribution is -2.42. The molecule has 0 aliphatic carbocycles. The van der Waals surface area contributed by atoms with E-state index in [4.69, 9.17) is 11.6 Å². The zero-order valence-electron chi connectivity index (χ0n) is 14.2. The summed E-state index contributed by atoms with van der Waals surface area (Å²) in [5, 5.41) is 0.615. The molecule has 1 atom stereocenters. The van der Waals surface area contributed by atoms with Gasteiger partial charge < -0.3 is 4.90 Å². The van der Waals surface area contributed by atoms with Gasteiger partial charge in [-0.1, -0.05) is 41.9 Å². The third-order valence-corrected chi connectivity index (χ3v) is 5.01. The van der Waals surface area contributed by atoms with E-state index in [-0.39, 0.29) is 17.6 Å². The number of amides is 1. The first-order valence-corrected chi connectivity index (χ1v) is 9.13. The first kappa shape index (κ1) is 17.7. The molecule has 1 saturated heterocycles. The average molecular weight is 356 g/mol. The molecule has 2 aromatic rings. The molecule has 1 aliphatic rings. The van der Waals surface area contributed by atoms with E-state index in [1.165, 1.54) is 5.56 Å². The van der Waals surface area contributed by atoms with Gasteiger partial charge in [0.2, 0.25) is 0 Å². The lowest BCUT2D eigenvalue weighted by atomic mass is 9.90. The van der Waals surface area contributed by atoms with Gasteiger partial charge in [0.05, 0.1) is 0 Å². The third kappa shape index (κ3) is 4.70. The zero-order chi connectivity index (χ0) is 17.6. The number of piperidine rings is 1. The van der Waals surface area contributed by atoms with Crippen molar-refractivity contribution in [3.05, 3.63) is 70.7 Å². The number of hydrogen-bond acceptors (Lipinski definition) is 2. The Morgan fingerprint density at radius 3 is 2.48 bits per heavy atom. The van der Waals surface area contributed by atoms with E-state index < -0.39 is 0 Å². The molecule has 1 fully saturated rings. The van der Waals surface area contributed by atoms with E-state index in [9.17, 15) is 9.59 Å². The summed E-state index contributed by atoms with van der Waals surface area (Å²) in [5.74, 6) is 0.198. The Bertz CT molecular complexity index is 727. The molecule has 0 aromatic heterocycles. The number of benzene rings is 2. The molecular formula is C21H22ClNO2. The molecule has 1 heterocycles. The number of carbonyl (C=O) groups is 2. The Morgan fingerprint density at radius 1 is 1.04 bits per heavy atom. The van der Waals surface area contributed by atoms with Crippen LogP contribution in [-0.4, -0.2) is 29.7 Å². The van der Waals surface area contributed by atoms with Crippen LogP contribution < -0.4 is 0 Å². The van der Waals surface area contributed by atoms with E-state index in [1.54, 1.807) is 29.2 Å². The summed E-state index contributed by atoms with van der Waals surface area (Å²) < 4.78 is 0. The minimum absolute atomic E-state index is 0.0165. The number of carbonyl (C=O) groups excluding carboxylic acids is 2. The van der Waals surface area contributed by atoms with Gasteiger partial charge in [-0.25, -0.2) is 0 Å². The molecule has 0 N–H and O–H groups in total. The van der Waals surface area contributed by atoms with Crippen LogP contribution in [0.1, 0.15) is 35.2 Å². The van der Waals surface area contributed by atoms with Crippen molar-refractivity contribution in [1.29, 1.82) is 0 Å². The van der Waals surface area contributed by atoms with Crippen molar-refractivity contribution < 1.29 is 9.59 Å². The SMILES string of the molecule is O=C(CCc1ccccc1)[C@@H]1CCCN(C(=O)c2ccc(Cl)cc2)C1. The number of aryl methyl sites for hydroxylation is 1. The molecule has 0 bridgehead atoms. The van der Waals surface area contributed by atoms with Crippen LogP contribution in [0.3, 0.4) is 0 Å². The normalized spacial score (nSPS) is 17.3. The van der Waals surface area contributed by atoms with Crippen molar-refractivity contribution >= 4 is 23.3 Å². The van der Waals surface area contributed by atoms with Gasteiger partial charge >= 0.3 is 0 Å². The highest BCUT2D eigenvalue weighted by Crippen LogP contribution is 2.22. The van der Waals surface area contributed by atoms with Crippen molar-refractivity contribution in [2.24, 2.45) is 5.92 Å². The predicted octanol–water partition coefficient (Wildman–Crippen LogP) is 4.39. The van der Waals surface area contributed by atoms with Crippen LogP contribution in [0.2, 0.25) is 5.02 Å². The van der Waals surface area contributed by atoms with Crippen LogP contribution in [0, 0.1) is 5.92 Å². The molecule has 1 aliphatic heterocycles. The number of nitrogens with zero attached hydrogens (tertiary/aromatic N) is 1. The molecule has 0 spiro atoms. The lowest BCUT2D eigenvalue weighted by molar-refractivity contribution is -0.124. The molecule has 25 heavy (non-hydrogen) atoms. The summed E-state index contributed by atoms with van der Waals surface area (Å²) in [7, 11) is 0. The van der Waals surface area contributed by atoms with Crippen LogP contribution in [0.15, 0.2) is 54.6 Å². The van der Waals surface area contributed by atoms with E-state index in [1.807, 2.05) is 30.3 Å². The summed E-state index contributed by atoms with van der Waals surface area (Å²) in [6.07, 6.45) is 3.05. The van der Waals surface area contributed by atoms with Gasteiger partial charge in [0.15, 0.2) is 0 Å². The summed E-state index contributed by atoms with van der Waals surface area (Å²) in [6, 6.07) is 17.0. The predicted molar refractivity (Wildman–Crippen MR) is 99.8 cm³/mol. The second-order valence-corrected chi connectivity index (χ2v) is 6.99. The number of halogens is 1. The minimum atomic E-state index is -0.0475. The van der Waals surface area contributed by atoms with Gasteiger partial charge in [0.1, 0.15) is 5.78 Å². The molecule has 3 nitrogen and oxygen atoms in total. The van der Waals surface area contributed by atoms with Gasteiger partial charge in [0.25, 0.3) is 5.91 Å². The Balaban J connectivity index is 1.57. The smallest absolute Gasteiger partial charge is 0.253 e. The molecule has 130 valence electrons. The zero-order valence-corrected chi connectivity index (χ0v) is 14.9. The monoisotopic (exact) mass is 355 g/mol. The van der Waals surface area contributed by atoms with Crippen LogP contribution in [-0.2, 0) is 11.2 Å². The Morgan fingerprint density at radius 2 is 1.76 bits per heavy atom. The second-order valence-electron chi connectivity index (χ2n) is 6.55. The average Bonchev–Trinajstić information content (AvgIpc) is 2.67. The highest BCUT2D eigenvalue weighted by atomic mass is 35.5. The lowest BCUT2D eigenvalue weighted by Gasteiger charge is -2.32. The maximum Gasteiger partial charge on any atom is 0.253 e. The first-order chi connectivity index (χ1) is 12.1. The van der Waals surface area contributed by atoms with E-state index >= 15 is 0 Å². The van der Waals surface area contributed by atoms with Crippen LogP contribution in [0.25, 0.3) is 0 Å². The maximum atomic E-state index is 12.6. The standard InChI is InChI=1S/C21H22ClNO2/c22-19-11-9-17(10-12-19)21(25)23-14-4-7-18(15-23)20(24)13-8-16-5-2-1-3-6-16/h1-3,5-6,9-12,18H,4,7-8,13-15H2/t18-/m1/s1. The summed E-state index contributed by atoms with van der Waals surface area (Å²) in [4.78, 5) is 27.0. The molecule has 0 unspecified atom stereocenters. The van der Waals surface area contributed by atoms with Gasteiger partial charge in [-0.15, -0.1) is 0 Å². The van der Waals surface area contributed by atoms with Gasteiger partial charge in [-0.3, -0.25) is 9.59 Å². The van der Waals surface area contributed by atoms with Gasteiger partial charge in [0, 0.05) is 36.0 Å². The largest absolute Gasteiger partial charge is 0.338 e. The Labute approximate surface area is 153 Å². The first-order valence-electron chi connectivity index (χ1n) is 8.75. The van der Waals surface area contributed by atoms with Crippen molar-refractivity contribution in [1.82, 2.24) is 4.90 Å². The molecule has 4 heteroatoms. The van der Waals surface area contributed by atoms with Gasteiger partial charge in [-0.2, -0.15) is 0 Å². The van der Waals surface area contributed by atoms with Crippen molar-refractivity contribution in [2.45, 2.75) is 25.7 Å². The van der Waals surface area contributed by atoms with Crippen molar-refractivity contribution in [2.75, 3.05) is 13.1 Å². The number of likely N-dealkylation sites (tertiary alicyclic amines) is 1.